The molecule has 4 heteroatoms. The van der Waals surface area contributed by atoms with Crippen molar-refractivity contribution < 1.29 is 0 Å². The highest BCUT2D eigenvalue weighted by Gasteiger charge is 2.10. The first-order valence-corrected chi connectivity index (χ1v) is 7.09. The van der Waals surface area contributed by atoms with Gasteiger partial charge in [0.25, 0.3) is 0 Å². The summed E-state index contributed by atoms with van der Waals surface area (Å²) >= 11 is 5.91. The molecule has 2 N–H and O–H groups in total. The van der Waals surface area contributed by atoms with Crippen molar-refractivity contribution in [1.29, 1.82) is 0 Å². The van der Waals surface area contributed by atoms with Gasteiger partial charge in [-0.05, 0) is 42.7 Å². The standard InChI is InChI=1S/C16H20ClN3/c1-12(18)10-14-4-3-9-19-16(14)20(2)11-13-5-7-15(17)8-6-13/h3-9,12H,10-11,18H2,1-2H3. The summed E-state index contributed by atoms with van der Waals surface area (Å²) < 4.78 is 0. The highest BCUT2D eigenvalue weighted by Crippen LogP contribution is 2.20. The van der Waals surface area contributed by atoms with Crippen LogP contribution in [-0.4, -0.2) is 18.1 Å². The average Bonchev–Trinajstić information content (AvgIpc) is 2.41. The van der Waals surface area contributed by atoms with Crippen LogP contribution >= 0.6 is 11.6 Å². The lowest BCUT2D eigenvalue weighted by Crippen LogP contribution is -2.23. The van der Waals surface area contributed by atoms with Crippen molar-refractivity contribution in [3.05, 3.63) is 58.7 Å². The number of nitrogens with two attached hydrogens (primary N) is 1. The molecule has 0 aliphatic carbocycles. The van der Waals surface area contributed by atoms with E-state index in [9.17, 15) is 0 Å². The van der Waals surface area contributed by atoms with Gasteiger partial charge in [-0.25, -0.2) is 4.98 Å². The molecule has 2 rings (SSSR count). The molecule has 1 unspecified atom stereocenters. The fourth-order valence-corrected chi connectivity index (χ4v) is 2.34. The van der Waals surface area contributed by atoms with Gasteiger partial charge in [-0.15, -0.1) is 0 Å². The largest absolute Gasteiger partial charge is 0.355 e. The number of nitrogens with zero attached hydrogens (tertiary/aromatic N) is 2. The van der Waals surface area contributed by atoms with Crippen LogP contribution < -0.4 is 10.6 Å². The molecular formula is C16H20ClN3. The van der Waals surface area contributed by atoms with Gasteiger partial charge < -0.3 is 10.6 Å². The zero-order valence-corrected chi connectivity index (χ0v) is 12.6. The van der Waals surface area contributed by atoms with Crippen LogP contribution in [0.15, 0.2) is 42.6 Å². The van der Waals surface area contributed by atoms with E-state index in [1.54, 1.807) is 0 Å². The average molecular weight is 290 g/mol. The van der Waals surface area contributed by atoms with Crippen molar-refractivity contribution in [2.45, 2.75) is 25.9 Å². The van der Waals surface area contributed by atoms with Gasteiger partial charge in [0.2, 0.25) is 0 Å². The molecule has 3 nitrogen and oxygen atoms in total. The summed E-state index contributed by atoms with van der Waals surface area (Å²) in [6, 6.07) is 12.1. The molecule has 0 radical (unpaired) electrons. The maximum Gasteiger partial charge on any atom is 0.131 e. The first-order chi connectivity index (χ1) is 9.56. The lowest BCUT2D eigenvalue weighted by molar-refractivity contribution is 0.730. The summed E-state index contributed by atoms with van der Waals surface area (Å²) in [7, 11) is 2.04. The highest BCUT2D eigenvalue weighted by atomic mass is 35.5. The molecule has 1 heterocycles. The van der Waals surface area contributed by atoms with Crippen molar-refractivity contribution in [2.24, 2.45) is 5.73 Å². The monoisotopic (exact) mass is 289 g/mol. The third kappa shape index (κ3) is 3.95. The molecule has 20 heavy (non-hydrogen) atoms. The third-order valence-corrected chi connectivity index (χ3v) is 3.36. The molecular weight excluding hydrogens is 270 g/mol. The van der Waals surface area contributed by atoms with Crippen LogP contribution in [-0.2, 0) is 13.0 Å². The van der Waals surface area contributed by atoms with Gasteiger partial charge in [0.15, 0.2) is 0 Å². The molecule has 0 saturated heterocycles. The van der Waals surface area contributed by atoms with Gasteiger partial charge in [-0.2, -0.15) is 0 Å². The van der Waals surface area contributed by atoms with Gasteiger partial charge in [-0.1, -0.05) is 29.8 Å². The number of hydrogen-bond acceptors (Lipinski definition) is 3. The number of hydrogen-bond donors (Lipinski definition) is 1. The number of rotatable bonds is 5. The molecule has 106 valence electrons. The summed E-state index contributed by atoms with van der Waals surface area (Å²) in [4.78, 5) is 6.63. The Bertz CT molecular complexity index is 552. The van der Waals surface area contributed by atoms with Crippen LogP contribution in [0.3, 0.4) is 0 Å². The Morgan fingerprint density at radius 3 is 2.60 bits per heavy atom. The summed E-state index contributed by atoms with van der Waals surface area (Å²) in [5.41, 5.74) is 8.28. The molecule has 1 aromatic heterocycles. The Hall–Kier alpha value is -1.58. The van der Waals surface area contributed by atoms with E-state index in [0.717, 1.165) is 23.8 Å². The number of pyridine rings is 1. The fraction of sp³-hybridized carbons (Fsp3) is 0.312. The second kappa shape index (κ2) is 6.73. The molecule has 0 bridgehead atoms. The van der Waals surface area contributed by atoms with Crippen LogP contribution in [0.4, 0.5) is 5.82 Å². The van der Waals surface area contributed by atoms with E-state index in [2.05, 4.69) is 16.0 Å². The number of halogens is 1. The zero-order valence-electron chi connectivity index (χ0n) is 11.9. The number of anilines is 1. The maximum absolute atomic E-state index is 5.91. The third-order valence-electron chi connectivity index (χ3n) is 3.10. The maximum atomic E-state index is 5.91. The van der Waals surface area contributed by atoms with E-state index in [0.29, 0.717) is 0 Å². The van der Waals surface area contributed by atoms with Crippen LogP contribution in [0, 0.1) is 0 Å². The van der Waals surface area contributed by atoms with Gasteiger partial charge in [0.05, 0.1) is 0 Å². The SMILES string of the molecule is CC(N)Cc1cccnc1N(C)Cc1ccc(Cl)cc1. The van der Waals surface area contributed by atoms with Crippen molar-refractivity contribution in [3.63, 3.8) is 0 Å². The van der Waals surface area contributed by atoms with Gasteiger partial charge >= 0.3 is 0 Å². The highest BCUT2D eigenvalue weighted by molar-refractivity contribution is 6.30. The quantitative estimate of drug-likeness (QED) is 0.919. The summed E-state index contributed by atoms with van der Waals surface area (Å²) in [6.45, 7) is 2.80. The van der Waals surface area contributed by atoms with Crippen LogP contribution in [0.5, 0.6) is 0 Å². The second-order valence-corrected chi connectivity index (χ2v) is 5.59. The van der Waals surface area contributed by atoms with Crippen LogP contribution in [0.2, 0.25) is 5.02 Å². The molecule has 0 aliphatic rings. The lowest BCUT2D eigenvalue weighted by Gasteiger charge is -2.22. The van der Waals surface area contributed by atoms with E-state index in [1.165, 1.54) is 11.1 Å². The Balaban J connectivity index is 2.16. The summed E-state index contributed by atoms with van der Waals surface area (Å²) in [5.74, 6) is 0.986. The lowest BCUT2D eigenvalue weighted by atomic mass is 10.1. The van der Waals surface area contributed by atoms with E-state index in [1.807, 2.05) is 50.5 Å². The Morgan fingerprint density at radius 2 is 1.95 bits per heavy atom. The smallest absolute Gasteiger partial charge is 0.131 e. The first kappa shape index (κ1) is 14.8. The minimum atomic E-state index is 0.127. The van der Waals surface area contributed by atoms with Crippen molar-refractivity contribution in [3.8, 4) is 0 Å². The molecule has 0 aliphatic heterocycles. The van der Waals surface area contributed by atoms with E-state index in [-0.39, 0.29) is 6.04 Å². The van der Waals surface area contributed by atoms with Gasteiger partial charge in [0.1, 0.15) is 5.82 Å². The van der Waals surface area contributed by atoms with Gasteiger partial charge in [-0.3, -0.25) is 0 Å². The van der Waals surface area contributed by atoms with Crippen LogP contribution in [0.1, 0.15) is 18.1 Å². The molecule has 0 amide bonds. The minimum Gasteiger partial charge on any atom is -0.355 e. The molecule has 1 atom stereocenters. The first-order valence-electron chi connectivity index (χ1n) is 6.71. The number of benzene rings is 1. The van der Waals surface area contributed by atoms with E-state index >= 15 is 0 Å². The molecule has 1 aromatic carbocycles. The summed E-state index contributed by atoms with van der Waals surface area (Å²) in [6.07, 6.45) is 2.65. The van der Waals surface area contributed by atoms with E-state index < -0.39 is 0 Å². The van der Waals surface area contributed by atoms with Crippen molar-refractivity contribution in [2.75, 3.05) is 11.9 Å². The fourth-order valence-electron chi connectivity index (χ4n) is 2.22. The normalized spacial score (nSPS) is 12.2. The van der Waals surface area contributed by atoms with Crippen LogP contribution in [0.25, 0.3) is 0 Å². The Labute approximate surface area is 125 Å². The Kier molecular flexibility index (Phi) is 4.99. The van der Waals surface area contributed by atoms with Gasteiger partial charge in [0, 0.05) is 30.9 Å². The molecule has 0 saturated carbocycles. The predicted octanol–water partition coefficient (Wildman–Crippen LogP) is 3.26. The van der Waals surface area contributed by atoms with Crippen molar-refractivity contribution >= 4 is 17.4 Å². The number of aromatic nitrogens is 1. The topological polar surface area (TPSA) is 42.1 Å². The van der Waals surface area contributed by atoms with E-state index in [4.69, 9.17) is 17.3 Å². The molecule has 0 fully saturated rings. The second-order valence-electron chi connectivity index (χ2n) is 5.15. The summed E-state index contributed by atoms with van der Waals surface area (Å²) in [5, 5.41) is 0.756. The minimum absolute atomic E-state index is 0.127. The molecule has 2 aromatic rings. The van der Waals surface area contributed by atoms with Crippen molar-refractivity contribution in [1.82, 2.24) is 4.98 Å². The molecule has 0 spiro atoms. The zero-order chi connectivity index (χ0) is 14.5. The Morgan fingerprint density at radius 1 is 1.25 bits per heavy atom. The predicted molar refractivity (Wildman–Crippen MR) is 85.1 cm³/mol.